The molecule has 0 fully saturated rings. The van der Waals surface area contributed by atoms with E-state index >= 15 is 0 Å². The molecule has 0 bridgehead atoms. The predicted molar refractivity (Wildman–Crippen MR) is 80.5 cm³/mol. The van der Waals surface area contributed by atoms with Crippen LogP contribution < -0.4 is 11.1 Å². The van der Waals surface area contributed by atoms with Gasteiger partial charge in [0.2, 0.25) is 0 Å². The number of fused-ring (bicyclic) bond motifs is 1. The van der Waals surface area contributed by atoms with Crippen LogP contribution in [0, 0.1) is 0 Å². The molecule has 0 spiro atoms. The fraction of sp³-hybridized carbons (Fsp3) is 0.188. The molecule has 0 radical (unpaired) electrons. The van der Waals surface area contributed by atoms with Crippen molar-refractivity contribution in [3.63, 3.8) is 0 Å². The zero-order valence-corrected chi connectivity index (χ0v) is 11.2. The van der Waals surface area contributed by atoms with Crippen molar-refractivity contribution < 1.29 is 0 Å². The lowest BCUT2D eigenvalue weighted by Crippen LogP contribution is -2.19. The fourth-order valence-corrected chi connectivity index (χ4v) is 2.04. The van der Waals surface area contributed by atoms with E-state index in [1.165, 1.54) is 5.56 Å². The third-order valence-electron chi connectivity index (χ3n) is 3.02. The van der Waals surface area contributed by atoms with Gasteiger partial charge in [-0.1, -0.05) is 30.3 Å². The van der Waals surface area contributed by atoms with Gasteiger partial charge in [-0.2, -0.15) is 0 Å². The number of nitrogens with one attached hydrogen (secondary N) is 1. The SMILES string of the molecule is C=CCN/C(Cc1cccc2cccnc12)=C(/C)N. The highest BCUT2D eigenvalue weighted by atomic mass is 14.9. The zero-order chi connectivity index (χ0) is 13.7. The largest absolute Gasteiger partial charge is 0.401 e. The summed E-state index contributed by atoms with van der Waals surface area (Å²) >= 11 is 0. The summed E-state index contributed by atoms with van der Waals surface area (Å²) < 4.78 is 0. The van der Waals surface area contributed by atoms with E-state index in [-0.39, 0.29) is 0 Å². The lowest BCUT2D eigenvalue weighted by molar-refractivity contribution is 0.835. The van der Waals surface area contributed by atoms with Gasteiger partial charge in [-0.05, 0) is 18.6 Å². The summed E-state index contributed by atoms with van der Waals surface area (Å²) in [6.07, 6.45) is 4.40. The van der Waals surface area contributed by atoms with Crippen LogP contribution in [0.1, 0.15) is 12.5 Å². The summed E-state index contributed by atoms with van der Waals surface area (Å²) in [5, 5.41) is 4.44. The Morgan fingerprint density at radius 3 is 2.89 bits per heavy atom. The van der Waals surface area contributed by atoms with Crippen LogP contribution >= 0.6 is 0 Å². The standard InChI is InChI=1S/C16H19N3/c1-3-9-18-15(12(2)17)11-14-7-4-6-13-8-5-10-19-16(13)14/h3-8,10,18H,1,9,11,17H2,2H3/b15-12-. The number of hydrogen-bond acceptors (Lipinski definition) is 3. The third kappa shape index (κ3) is 3.13. The van der Waals surface area contributed by atoms with Gasteiger partial charge < -0.3 is 11.1 Å². The van der Waals surface area contributed by atoms with Crippen molar-refractivity contribution in [2.75, 3.05) is 6.54 Å². The first-order chi connectivity index (χ1) is 9.22. The molecule has 3 nitrogen and oxygen atoms in total. The van der Waals surface area contributed by atoms with Crippen LogP contribution in [0.5, 0.6) is 0 Å². The second-order valence-corrected chi connectivity index (χ2v) is 4.50. The molecule has 3 N–H and O–H groups in total. The molecule has 0 saturated carbocycles. The van der Waals surface area contributed by atoms with E-state index in [9.17, 15) is 0 Å². The molecular weight excluding hydrogens is 234 g/mol. The van der Waals surface area contributed by atoms with Gasteiger partial charge in [0, 0.05) is 35.9 Å². The number of hydrogen-bond donors (Lipinski definition) is 2. The van der Waals surface area contributed by atoms with Gasteiger partial charge in [0.15, 0.2) is 0 Å². The van der Waals surface area contributed by atoms with E-state index in [0.29, 0.717) is 6.54 Å². The van der Waals surface area contributed by atoms with Gasteiger partial charge in [0.25, 0.3) is 0 Å². The topological polar surface area (TPSA) is 50.9 Å². The lowest BCUT2D eigenvalue weighted by Gasteiger charge is -2.13. The van der Waals surface area contributed by atoms with E-state index in [4.69, 9.17) is 5.73 Å². The van der Waals surface area contributed by atoms with Gasteiger partial charge >= 0.3 is 0 Å². The Labute approximate surface area is 113 Å². The fourth-order valence-electron chi connectivity index (χ4n) is 2.04. The number of pyridine rings is 1. The summed E-state index contributed by atoms with van der Waals surface area (Å²) in [6.45, 7) is 6.33. The Bertz CT molecular complexity index is 605. The molecule has 2 aromatic rings. The highest BCUT2D eigenvalue weighted by Gasteiger charge is 2.06. The quantitative estimate of drug-likeness (QED) is 0.806. The smallest absolute Gasteiger partial charge is 0.0737 e. The molecule has 1 heterocycles. The van der Waals surface area contributed by atoms with E-state index in [2.05, 4.69) is 41.1 Å². The first kappa shape index (κ1) is 13.1. The average molecular weight is 253 g/mol. The second-order valence-electron chi connectivity index (χ2n) is 4.50. The van der Waals surface area contributed by atoms with E-state index < -0.39 is 0 Å². The van der Waals surface area contributed by atoms with Crippen molar-refractivity contribution in [1.29, 1.82) is 0 Å². The molecule has 19 heavy (non-hydrogen) atoms. The molecule has 0 aliphatic rings. The number of para-hydroxylation sites is 1. The van der Waals surface area contributed by atoms with Gasteiger partial charge in [0.1, 0.15) is 0 Å². The minimum Gasteiger partial charge on any atom is -0.401 e. The number of nitrogens with zero attached hydrogens (tertiary/aromatic N) is 1. The molecule has 0 amide bonds. The molecule has 98 valence electrons. The highest BCUT2D eigenvalue weighted by molar-refractivity contribution is 5.81. The third-order valence-corrected chi connectivity index (χ3v) is 3.02. The number of nitrogens with two attached hydrogens (primary N) is 1. The molecule has 1 aromatic heterocycles. The van der Waals surface area contributed by atoms with E-state index in [0.717, 1.165) is 28.7 Å². The second kappa shape index (κ2) is 6.05. The predicted octanol–water partition coefficient (Wildman–Crippen LogP) is 2.74. The molecule has 2 rings (SSSR count). The Hall–Kier alpha value is -2.29. The number of allylic oxidation sites excluding steroid dienone is 2. The molecule has 0 unspecified atom stereocenters. The Balaban J connectivity index is 2.34. The average Bonchev–Trinajstić information content (AvgIpc) is 2.43. The first-order valence-electron chi connectivity index (χ1n) is 6.35. The zero-order valence-electron chi connectivity index (χ0n) is 11.2. The summed E-state index contributed by atoms with van der Waals surface area (Å²) in [7, 11) is 0. The van der Waals surface area contributed by atoms with Crippen molar-refractivity contribution in [2.45, 2.75) is 13.3 Å². The maximum atomic E-state index is 5.93. The Morgan fingerprint density at radius 2 is 2.16 bits per heavy atom. The molecule has 0 aliphatic carbocycles. The number of aromatic nitrogens is 1. The number of rotatable bonds is 5. The lowest BCUT2D eigenvalue weighted by atomic mass is 10.0. The van der Waals surface area contributed by atoms with Crippen molar-refractivity contribution in [3.8, 4) is 0 Å². The van der Waals surface area contributed by atoms with Gasteiger partial charge in [-0.3, -0.25) is 4.98 Å². The highest BCUT2D eigenvalue weighted by Crippen LogP contribution is 2.18. The number of benzene rings is 1. The molecule has 3 heteroatoms. The van der Waals surface area contributed by atoms with Crippen LogP contribution in [0.15, 0.2) is 60.6 Å². The maximum Gasteiger partial charge on any atom is 0.0737 e. The molecule has 1 aromatic carbocycles. The summed E-state index contributed by atoms with van der Waals surface area (Å²) in [5.41, 5.74) is 9.97. The first-order valence-corrected chi connectivity index (χ1v) is 6.35. The minimum atomic E-state index is 0.710. The van der Waals surface area contributed by atoms with Crippen LogP contribution in [-0.2, 0) is 6.42 Å². The maximum absolute atomic E-state index is 5.93. The summed E-state index contributed by atoms with van der Waals surface area (Å²) in [4.78, 5) is 4.46. The minimum absolute atomic E-state index is 0.710. The van der Waals surface area contributed by atoms with E-state index in [1.807, 2.05) is 25.3 Å². The van der Waals surface area contributed by atoms with Crippen molar-refractivity contribution in [3.05, 3.63) is 66.1 Å². The van der Waals surface area contributed by atoms with Gasteiger partial charge in [-0.15, -0.1) is 6.58 Å². The Morgan fingerprint density at radius 1 is 1.37 bits per heavy atom. The molecule has 0 atom stereocenters. The van der Waals surface area contributed by atoms with Gasteiger partial charge in [-0.25, -0.2) is 0 Å². The van der Waals surface area contributed by atoms with E-state index in [1.54, 1.807) is 0 Å². The molecular formula is C16H19N3. The van der Waals surface area contributed by atoms with Crippen molar-refractivity contribution in [2.24, 2.45) is 5.73 Å². The van der Waals surface area contributed by atoms with Crippen LogP contribution in [0.2, 0.25) is 0 Å². The van der Waals surface area contributed by atoms with Crippen LogP contribution in [0.3, 0.4) is 0 Å². The van der Waals surface area contributed by atoms with Crippen LogP contribution in [0.25, 0.3) is 10.9 Å². The summed E-state index contributed by atoms with van der Waals surface area (Å²) in [6, 6.07) is 10.2. The molecule has 0 aliphatic heterocycles. The van der Waals surface area contributed by atoms with Crippen LogP contribution in [0.4, 0.5) is 0 Å². The van der Waals surface area contributed by atoms with Crippen molar-refractivity contribution in [1.82, 2.24) is 10.3 Å². The Kier molecular flexibility index (Phi) is 4.18. The summed E-state index contributed by atoms with van der Waals surface area (Å²) in [5.74, 6) is 0. The monoisotopic (exact) mass is 253 g/mol. The van der Waals surface area contributed by atoms with Crippen LogP contribution in [-0.4, -0.2) is 11.5 Å². The van der Waals surface area contributed by atoms with Crippen molar-refractivity contribution >= 4 is 10.9 Å². The van der Waals surface area contributed by atoms with Gasteiger partial charge in [0.05, 0.1) is 5.52 Å². The molecule has 0 saturated heterocycles. The normalized spacial score (nSPS) is 12.1.